The van der Waals surface area contributed by atoms with E-state index in [0.29, 0.717) is 22.4 Å². The lowest BCUT2D eigenvalue weighted by Crippen LogP contribution is -2.02. The highest BCUT2D eigenvalue weighted by Gasteiger charge is 2.10. The lowest BCUT2D eigenvalue weighted by molar-refractivity contribution is 0.601. The van der Waals surface area contributed by atoms with Crippen molar-refractivity contribution < 1.29 is 8.42 Å². The van der Waals surface area contributed by atoms with Gasteiger partial charge in [-0.15, -0.1) is 10.2 Å². The fourth-order valence-electron chi connectivity index (χ4n) is 1.89. The number of aromatic nitrogens is 3. The zero-order chi connectivity index (χ0) is 14.3. The number of rotatable bonds is 2. The molecule has 7 heteroatoms. The highest BCUT2D eigenvalue weighted by Crippen LogP contribution is 2.17. The smallest absolute Gasteiger partial charge is 0.175 e. The third-order valence-electron chi connectivity index (χ3n) is 2.88. The summed E-state index contributed by atoms with van der Waals surface area (Å²) >= 11 is 0. The van der Waals surface area contributed by atoms with Crippen molar-refractivity contribution >= 4 is 26.6 Å². The molecule has 0 spiro atoms. The normalized spacial score (nSPS) is 11.8. The Balaban J connectivity index is 2.16. The van der Waals surface area contributed by atoms with Gasteiger partial charge in [-0.25, -0.2) is 8.42 Å². The predicted octanol–water partition coefficient (Wildman–Crippen LogP) is 1.41. The summed E-state index contributed by atoms with van der Waals surface area (Å²) in [6, 6.07) is 11.7. The predicted molar refractivity (Wildman–Crippen MR) is 76.4 cm³/mol. The number of anilines is 1. The SMILES string of the molecule is CS(=O)(=O)c1cccc(-n2nc3ccc(N)cc3n2)c1. The molecule has 2 N–H and O–H groups in total. The van der Waals surface area contributed by atoms with Crippen molar-refractivity contribution in [2.24, 2.45) is 0 Å². The molecule has 0 radical (unpaired) electrons. The molecule has 0 unspecified atom stereocenters. The maximum Gasteiger partial charge on any atom is 0.175 e. The second kappa shape index (κ2) is 4.31. The van der Waals surface area contributed by atoms with Crippen LogP contribution in [0.1, 0.15) is 0 Å². The lowest BCUT2D eigenvalue weighted by atomic mass is 10.3. The molecule has 6 nitrogen and oxygen atoms in total. The molecular formula is C13H12N4O2S. The van der Waals surface area contributed by atoms with Crippen LogP contribution in [0.2, 0.25) is 0 Å². The van der Waals surface area contributed by atoms with Crippen molar-refractivity contribution in [3.05, 3.63) is 42.5 Å². The van der Waals surface area contributed by atoms with Crippen molar-refractivity contribution in [2.45, 2.75) is 4.90 Å². The van der Waals surface area contributed by atoms with Gasteiger partial charge in [0.25, 0.3) is 0 Å². The third kappa shape index (κ3) is 2.23. The summed E-state index contributed by atoms with van der Waals surface area (Å²) in [7, 11) is -3.26. The summed E-state index contributed by atoms with van der Waals surface area (Å²) < 4.78 is 23.1. The summed E-state index contributed by atoms with van der Waals surface area (Å²) in [6.07, 6.45) is 1.17. The van der Waals surface area contributed by atoms with Gasteiger partial charge in [0, 0.05) is 11.9 Å². The summed E-state index contributed by atoms with van der Waals surface area (Å²) in [5.41, 5.74) is 8.25. The number of nitrogens with zero attached hydrogens (tertiary/aromatic N) is 3. The number of benzene rings is 2. The van der Waals surface area contributed by atoms with E-state index in [4.69, 9.17) is 5.73 Å². The molecule has 102 valence electrons. The standard InChI is InChI=1S/C13H12N4O2S/c1-20(18,19)11-4-2-3-10(8-11)17-15-12-6-5-9(14)7-13(12)16-17/h2-8H,14H2,1H3. The molecule has 0 saturated heterocycles. The van der Waals surface area contributed by atoms with Crippen LogP contribution in [0, 0.1) is 0 Å². The fourth-order valence-corrected chi connectivity index (χ4v) is 2.55. The van der Waals surface area contributed by atoms with Crippen LogP contribution < -0.4 is 5.73 Å². The van der Waals surface area contributed by atoms with Gasteiger partial charge in [0.2, 0.25) is 0 Å². The minimum absolute atomic E-state index is 0.232. The minimum Gasteiger partial charge on any atom is -0.399 e. The maximum atomic E-state index is 11.6. The second-order valence-corrected chi connectivity index (χ2v) is 6.52. The molecule has 0 amide bonds. The first kappa shape index (κ1) is 12.6. The van der Waals surface area contributed by atoms with Crippen LogP contribution in [-0.2, 0) is 9.84 Å². The van der Waals surface area contributed by atoms with Crippen LogP contribution in [-0.4, -0.2) is 29.7 Å². The Morgan fingerprint density at radius 3 is 2.55 bits per heavy atom. The van der Waals surface area contributed by atoms with Crippen LogP contribution in [0.4, 0.5) is 5.69 Å². The van der Waals surface area contributed by atoms with Crippen LogP contribution in [0.5, 0.6) is 0 Å². The van der Waals surface area contributed by atoms with Gasteiger partial charge < -0.3 is 5.73 Å². The number of fused-ring (bicyclic) bond motifs is 1. The van der Waals surface area contributed by atoms with Gasteiger partial charge >= 0.3 is 0 Å². The molecule has 1 aromatic heterocycles. The van der Waals surface area contributed by atoms with Gasteiger partial charge in [-0.05, 0) is 36.4 Å². The Morgan fingerprint density at radius 1 is 1.05 bits per heavy atom. The zero-order valence-corrected chi connectivity index (χ0v) is 11.5. The molecule has 0 aliphatic heterocycles. The van der Waals surface area contributed by atoms with Crippen LogP contribution in [0.15, 0.2) is 47.4 Å². The van der Waals surface area contributed by atoms with Crippen molar-refractivity contribution in [1.82, 2.24) is 15.0 Å². The number of nitrogen functional groups attached to an aromatic ring is 1. The van der Waals surface area contributed by atoms with Gasteiger partial charge in [-0.2, -0.15) is 4.80 Å². The van der Waals surface area contributed by atoms with Gasteiger partial charge in [0.1, 0.15) is 11.0 Å². The zero-order valence-electron chi connectivity index (χ0n) is 10.7. The highest BCUT2D eigenvalue weighted by atomic mass is 32.2. The van der Waals surface area contributed by atoms with E-state index < -0.39 is 9.84 Å². The molecule has 0 aliphatic carbocycles. The molecular weight excluding hydrogens is 276 g/mol. The monoisotopic (exact) mass is 288 g/mol. The first-order valence-corrected chi connectivity index (χ1v) is 7.76. The van der Waals surface area contributed by atoms with Crippen LogP contribution >= 0.6 is 0 Å². The van der Waals surface area contributed by atoms with E-state index in [0.717, 1.165) is 0 Å². The van der Waals surface area contributed by atoms with Crippen molar-refractivity contribution in [1.29, 1.82) is 0 Å². The van der Waals surface area contributed by atoms with Crippen LogP contribution in [0.25, 0.3) is 16.7 Å². The molecule has 0 aliphatic rings. The molecule has 20 heavy (non-hydrogen) atoms. The second-order valence-electron chi connectivity index (χ2n) is 4.51. The minimum atomic E-state index is -3.26. The first-order valence-electron chi connectivity index (χ1n) is 5.86. The van der Waals surface area contributed by atoms with Gasteiger partial charge in [0.15, 0.2) is 9.84 Å². The molecule has 3 aromatic rings. The molecule has 0 atom stereocenters. The summed E-state index contributed by atoms with van der Waals surface area (Å²) in [6.45, 7) is 0. The van der Waals surface area contributed by atoms with E-state index in [1.807, 2.05) is 0 Å². The number of hydrogen-bond acceptors (Lipinski definition) is 5. The highest BCUT2D eigenvalue weighted by molar-refractivity contribution is 7.90. The Hall–Kier alpha value is -2.41. The number of nitrogens with two attached hydrogens (primary N) is 1. The largest absolute Gasteiger partial charge is 0.399 e. The molecule has 0 fully saturated rings. The number of sulfone groups is 1. The van der Waals surface area contributed by atoms with E-state index in [1.165, 1.54) is 17.1 Å². The van der Waals surface area contributed by atoms with Crippen molar-refractivity contribution in [2.75, 3.05) is 12.0 Å². The van der Waals surface area contributed by atoms with E-state index >= 15 is 0 Å². The van der Waals surface area contributed by atoms with E-state index in [1.54, 1.807) is 36.4 Å². The Kier molecular flexibility index (Phi) is 2.72. The number of hydrogen-bond donors (Lipinski definition) is 1. The van der Waals surface area contributed by atoms with Crippen molar-refractivity contribution in [3.8, 4) is 5.69 Å². The fraction of sp³-hybridized carbons (Fsp3) is 0.0769. The average Bonchev–Trinajstić information content (AvgIpc) is 2.81. The van der Waals surface area contributed by atoms with Gasteiger partial charge in [-0.1, -0.05) is 6.07 Å². The molecule has 2 aromatic carbocycles. The van der Waals surface area contributed by atoms with Crippen molar-refractivity contribution in [3.63, 3.8) is 0 Å². The quantitative estimate of drug-likeness (QED) is 0.720. The van der Waals surface area contributed by atoms with E-state index in [-0.39, 0.29) is 4.90 Å². The average molecular weight is 288 g/mol. The van der Waals surface area contributed by atoms with E-state index in [2.05, 4.69) is 10.2 Å². The lowest BCUT2D eigenvalue weighted by Gasteiger charge is -2.02. The topological polar surface area (TPSA) is 90.9 Å². The third-order valence-corrected chi connectivity index (χ3v) is 3.99. The Labute approximate surface area is 115 Å². The summed E-state index contributed by atoms with van der Waals surface area (Å²) in [5, 5.41) is 8.60. The summed E-state index contributed by atoms with van der Waals surface area (Å²) in [4.78, 5) is 1.63. The molecule has 0 bridgehead atoms. The summed E-state index contributed by atoms with van der Waals surface area (Å²) in [5.74, 6) is 0. The Morgan fingerprint density at radius 2 is 1.80 bits per heavy atom. The van der Waals surface area contributed by atoms with Gasteiger partial charge in [0.05, 0.1) is 10.6 Å². The molecule has 1 heterocycles. The molecule has 3 rings (SSSR count). The Bertz CT molecular complexity index is 900. The van der Waals surface area contributed by atoms with Gasteiger partial charge in [-0.3, -0.25) is 0 Å². The van der Waals surface area contributed by atoms with Crippen LogP contribution in [0.3, 0.4) is 0 Å². The van der Waals surface area contributed by atoms with E-state index in [9.17, 15) is 8.42 Å². The molecule has 0 saturated carbocycles. The maximum absolute atomic E-state index is 11.6. The first-order chi connectivity index (χ1) is 9.43.